The van der Waals surface area contributed by atoms with Crippen LogP contribution in [0.5, 0.6) is 0 Å². The first-order valence-electron chi connectivity index (χ1n) is 6.54. The highest BCUT2D eigenvalue weighted by molar-refractivity contribution is 7.89. The highest BCUT2D eigenvalue weighted by Gasteiger charge is 2.23. The lowest BCUT2D eigenvalue weighted by Gasteiger charge is -2.08. The number of tetrazole rings is 1. The van der Waals surface area contributed by atoms with Crippen LogP contribution in [-0.2, 0) is 23.1 Å². The zero-order chi connectivity index (χ0) is 15.3. The Morgan fingerprint density at radius 1 is 1.38 bits per heavy atom. The van der Waals surface area contributed by atoms with E-state index in [2.05, 4.69) is 37.6 Å². The quantitative estimate of drug-likeness (QED) is 0.609. The van der Waals surface area contributed by atoms with Crippen LogP contribution in [0.25, 0.3) is 0 Å². The molecule has 10 heteroatoms. The van der Waals surface area contributed by atoms with Crippen LogP contribution < -0.4 is 10.0 Å². The van der Waals surface area contributed by atoms with Gasteiger partial charge in [0, 0.05) is 11.4 Å². The number of sulfonamides is 1. The van der Waals surface area contributed by atoms with Gasteiger partial charge in [-0.2, -0.15) is 5.21 Å². The first-order chi connectivity index (χ1) is 10.0. The van der Waals surface area contributed by atoms with E-state index in [0.29, 0.717) is 17.3 Å². The van der Waals surface area contributed by atoms with Gasteiger partial charge >= 0.3 is 0 Å². The molecular formula is C11H18N6O2S2. The number of aromatic amines is 1. The van der Waals surface area contributed by atoms with Gasteiger partial charge in [0.25, 0.3) is 0 Å². The fourth-order valence-corrected chi connectivity index (χ4v) is 4.59. The highest BCUT2D eigenvalue weighted by atomic mass is 32.2. The van der Waals surface area contributed by atoms with Crippen molar-refractivity contribution >= 4 is 21.4 Å². The maximum absolute atomic E-state index is 12.4. The van der Waals surface area contributed by atoms with E-state index in [1.54, 1.807) is 6.92 Å². The number of aromatic nitrogens is 4. The summed E-state index contributed by atoms with van der Waals surface area (Å²) in [4.78, 5) is 1.15. The van der Waals surface area contributed by atoms with Gasteiger partial charge in [0.1, 0.15) is 4.90 Å². The smallest absolute Gasteiger partial charge is 0.242 e. The van der Waals surface area contributed by atoms with E-state index in [-0.39, 0.29) is 6.54 Å². The first kappa shape index (κ1) is 16.0. The third-order valence-electron chi connectivity index (χ3n) is 2.78. The van der Waals surface area contributed by atoms with Gasteiger partial charge in [-0.25, -0.2) is 13.1 Å². The molecule has 0 saturated carbocycles. The molecule has 0 amide bonds. The number of rotatable bonds is 8. The molecule has 0 atom stereocenters. The molecule has 0 spiro atoms. The molecule has 116 valence electrons. The highest BCUT2D eigenvalue weighted by Crippen LogP contribution is 2.26. The molecule has 2 aromatic heterocycles. The number of nitrogens with zero attached hydrogens (tertiary/aromatic N) is 3. The van der Waals surface area contributed by atoms with Crippen LogP contribution in [0.4, 0.5) is 0 Å². The van der Waals surface area contributed by atoms with E-state index < -0.39 is 10.0 Å². The molecule has 0 radical (unpaired) electrons. The molecule has 0 fully saturated rings. The monoisotopic (exact) mass is 330 g/mol. The summed E-state index contributed by atoms with van der Waals surface area (Å²) in [5.74, 6) is 0.303. The topological polar surface area (TPSA) is 113 Å². The molecule has 0 bridgehead atoms. The van der Waals surface area contributed by atoms with Gasteiger partial charge in [-0.05, 0) is 30.8 Å². The maximum Gasteiger partial charge on any atom is 0.242 e. The minimum absolute atomic E-state index is 0.00987. The fraction of sp³-hybridized carbons (Fsp3) is 0.545. The number of H-pyrrole nitrogens is 1. The van der Waals surface area contributed by atoms with Crippen molar-refractivity contribution in [2.75, 3.05) is 6.54 Å². The third-order valence-corrected chi connectivity index (χ3v) is 5.64. The summed E-state index contributed by atoms with van der Waals surface area (Å²) in [7, 11) is -3.59. The number of hydrogen-bond donors (Lipinski definition) is 3. The van der Waals surface area contributed by atoms with Gasteiger partial charge in [-0.3, -0.25) is 0 Å². The maximum atomic E-state index is 12.4. The second kappa shape index (κ2) is 7.07. The summed E-state index contributed by atoms with van der Waals surface area (Å²) in [6.07, 6.45) is 1.00. The molecule has 2 heterocycles. The first-order valence-corrected chi connectivity index (χ1v) is 8.90. The molecule has 8 nitrogen and oxygen atoms in total. The van der Waals surface area contributed by atoms with E-state index in [0.717, 1.165) is 23.4 Å². The van der Waals surface area contributed by atoms with Crippen LogP contribution in [0, 0.1) is 6.92 Å². The van der Waals surface area contributed by atoms with E-state index in [4.69, 9.17) is 0 Å². The molecule has 2 aromatic rings. The largest absolute Gasteiger partial charge is 0.312 e. The van der Waals surface area contributed by atoms with Gasteiger partial charge in [-0.1, -0.05) is 12.1 Å². The minimum atomic E-state index is -3.59. The van der Waals surface area contributed by atoms with Crippen LogP contribution in [0.2, 0.25) is 0 Å². The molecule has 0 aliphatic heterocycles. The Morgan fingerprint density at radius 3 is 2.86 bits per heavy atom. The fourth-order valence-electron chi connectivity index (χ4n) is 1.84. The lowest BCUT2D eigenvalue weighted by molar-refractivity contribution is 0.576. The van der Waals surface area contributed by atoms with Gasteiger partial charge in [-0.15, -0.1) is 21.5 Å². The van der Waals surface area contributed by atoms with Gasteiger partial charge < -0.3 is 5.32 Å². The summed E-state index contributed by atoms with van der Waals surface area (Å²) in [6, 6.07) is 0. The second-order valence-electron chi connectivity index (χ2n) is 4.50. The third kappa shape index (κ3) is 4.06. The van der Waals surface area contributed by atoms with Crippen molar-refractivity contribution in [3.63, 3.8) is 0 Å². The molecule has 3 N–H and O–H groups in total. The molecule has 21 heavy (non-hydrogen) atoms. The molecular weight excluding hydrogens is 312 g/mol. The van der Waals surface area contributed by atoms with E-state index >= 15 is 0 Å². The van der Waals surface area contributed by atoms with E-state index in [9.17, 15) is 8.42 Å². The van der Waals surface area contributed by atoms with Crippen molar-refractivity contribution in [2.24, 2.45) is 0 Å². The van der Waals surface area contributed by atoms with Crippen molar-refractivity contribution in [3.8, 4) is 0 Å². The van der Waals surface area contributed by atoms with Crippen molar-refractivity contribution in [1.29, 1.82) is 0 Å². The van der Waals surface area contributed by atoms with Gasteiger partial charge in [0.2, 0.25) is 10.0 Å². The zero-order valence-electron chi connectivity index (χ0n) is 11.9. The van der Waals surface area contributed by atoms with Crippen LogP contribution in [0.1, 0.15) is 29.6 Å². The van der Waals surface area contributed by atoms with Crippen molar-refractivity contribution in [2.45, 2.75) is 38.3 Å². The summed E-state index contributed by atoms with van der Waals surface area (Å²) in [5.41, 5.74) is 0.744. The van der Waals surface area contributed by atoms with Crippen LogP contribution in [-0.4, -0.2) is 35.6 Å². The predicted molar refractivity (Wildman–Crippen MR) is 79.3 cm³/mol. The van der Waals surface area contributed by atoms with E-state index in [1.165, 1.54) is 11.3 Å². The SMILES string of the molecule is CCCNCc1scc(C)c1S(=O)(=O)NCc1nn[nH]n1. The summed E-state index contributed by atoms with van der Waals surface area (Å²) in [6.45, 7) is 5.27. The average Bonchev–Trinajstić information content (AvgIpc) is 3.07. The van der Waals surface area contributed by atoms with Crippen molar-refractivity contribution in [3.05, 3.63) is 21.6 Å². The summed E-state index contributed by atoms with van der Waals surface area (Å²) >= 11 is 1.45. The van der Waals surface area contributed by atoms with E-state index in [1.807, 2.05) is 5.38 Å². The Bertz CT molecular complexity index is 665. The number of thiophene rings is 1. The summed E-state index contributed by atoms with van der Waals surface area (Å²) in [5, 5.41) is 18.2. The molecule has 0 saturated heterocycles. The second-order valence-corrected chi connectivity index (χ2v) is 7.17. The Balaban J connectivity index is 2.13. The van der Waals surface area contributed by atoms with Crippen molar-refractivity contribution in [1.82, 2.24) is 30.7 Å². The zero-order valence-corrected chi connectivity index (χ0v) is 13.5. The Morgan fingerprint density at radius 2 is 2.19 bits per heavy atom. The van der Waals surface area contributed by atoms with Crippen molar-refractivity contribution < 1.29 is 8.42 Å². The predicted octanol–water partition coefficient (Wildman–Crippen LogP) is 0.548. The van der Waals surface area contributed by atoms with Crippen LogP contribution >= 0.6 is 11.3 Å². The number of hydrogen-bond acceptors (Lipinski definition) is 7. The molecule has 0 aliphatic rings. The Hall–Kier alpha value is -1.36. The normalized spacial score (nSPS) is 11.9. The molecule has 0 aromatic carbocycles. The van der Waals surface area contributed by atoms with Crippen LogP contribution in [0.3, 0.4) is 0 Å². The lowest BCUT2D eigenvalue weighted by Crippen LogP contribution is -2.26. The van der Waals surface area contributed by atoms with Crippen LogP contribution in [0.15, 0.2) is 10.3 Å². The molecule has 0 unspecified atom stereocenters. The number of nitrogens with one attached hydrogen (secondary N) is 3. The standard InChI is InChI=1S/C11H18N6O2S2/c1-3-4-12-5-9-11(8(2)7-20-9)21(18,19)13-6-10-14-16-17-15-10/h7,12-13H,3-6H2,1-2H3,(H,14,15,16,17). The Kier molecular flexibility index (Phi) is 5.39. The Labute approximate surface area is 127 Å². The minimum Gasteiger partial charge on any atom is -0.312 e. The van der Waals surface area contributed by atoms with Gasteiger partial charge in [0.15, 0.2) is 5.82 Å². The lowest BCUT2D eigenvalue weighted by atomic mass is 10.3. The molecule has 0 aliphatic carbocycles. The average molecular weight is 330 g/mol. The summed E-state index contributed by atoms with van der Waals surface area (Å²) < 4.78 is 27.4. The van der Waals surface area contributed by atoms with Gasteiger partial charge in [0.05, 0.1) is 6.54 Å². The number of aryl methyl sites for hydroxylation is 1. The molecule has 2 rings (SSSR count).